The van der Waals surface area contributed by atoms with Gasteiger partial charge in [0, 0.05) is 31.7 Å². The van der Waals surface area contributed by atoms with Gasteiger partial charge in [0.1, 0.15) is 0 Å². The summed E-state index contributed by atoms with van der Waals surface area (Å²) >= 11 is 0. The van der Waals surface area contributed by atoms with E-state index in [1.165, 1.54) is 6.42 Å². The molecule has 23 heavy (non-hydrogen) atoms. The predicted molar refractivity (Wildman–Crippen MR) is 88.8 cm³/mol. The van der Waals surface area contributed by atoms with E-state index in [-0.39, 0.29) is 10.8 Å². The maximum Gasteiger partial charge on any atom is 0.253 e. The molecule has 0 N–H and O–H groups in total. The zero-order valence-electron chi connectivity index (χ0n) is 13.4. The van der Waals surface area contributed by atoms with Crippen molar-refractivity contribution in [1.82, 2.24) is 9.21 Å². The maximum absolute atomic E-state index is 12.6. The third kappa shape index (κ3) is 3.58. The van der Waals surface area contributed by atoms with E-state index < -0.39 is 10.0 Å². The second kappa shape index (κ2) is 7.01. The van der Waals surface area contributed by atoms with Crippen LogP contribution in [0.4, 0.5) is 0 Å². The Morgan fingerprint density at radius 1 is 0.783 bits per heavy atom. The fourth-order valence-corrected chi connectivity index (χ4v) is 4.82. The molecule has 2 aliphatic heterocycles. The highest BCUT2D eigenvalue weighted by Crippen LogP contribution is 2.21. The Bertz CT molecular complexity index is 643. The number of amides is 1. The minimum absolute atomic E-state index is 0.00613. The molecule has 5 nitrogen and oxygen atoms in total. The van der Waals surface area contributed by atoms with Crippen molar-refractivity contribution in [3.8, 4) is 0 Å². The third-order valence-corrected chi connectivity index (χ3v) is 6.61. The fourth-order valence-electron chi connectivity index (χ4n) is 3.30. The first-order chi connectivity index (χ1) is 11.1. The molecule has 1 aromatic carbocycles. The Hall–Kier alpha value is -1.40. The Kier molecular flexibility index (Phi) is 5.02. The summed E-state index contributed by atoms with van der Waals surface area (Å²) in [5, 5.41) is 0. The van der Waals surface area contributed by atoms with E-state index in [0.717, 1.165) is 45.2 Å². The molecule has 0 bridgehead atoms. The summed E-state index contributed by atoms with van der Waals surface area (Å²) in [6, 6.07) is 6.43. The van der Waals surface area contributed by atoms with Gasteiger partial charge in [0.25, 0.3) is 5.91 Å². The highest BCUT2D eigenvalue weighted by atomic mass is 32.2. The standard InChI is InChI=1S/C17H24N2O3S/c20-17(18-11-3-1-4-12-18)15-7-9-16(10-8-15)23(21,22)19-13-5-2-6-14-19/h7-10H,1-6,11-14H2. The first-order valence-corrected chi connectivity index (χ1v) is 9.92. The molecule has 0 aliphatic carbocycles. The first kappa shape index (κ1) is 16.5. The molecule has 1 aromatic rings. The topological polar surface area (TPSA) is 57.7 Å². The number of rotatable bonds is 3. The van der Waals surface area contributed by atoms with Crippen molar-refractivity contribution < 1.29 is 13.2 Å². The number of sulfonamides is 1. The van der Waals surface area contributed by atoms with E-state index in [4.69, 9.17) is 0 Å². The number of carbonyl (C=O) groups excluding carboxylic acids is 1. The van der Waals surface area contributed by atoms with Crippen molar-refractivity contribution in [1.29, 1.82) is 0 Å². The van der Waals surface area contributed by atoms with Crippen molar-refractivity contribution in [3.05, 3.63) is 29.8 Å². The summed E-state index contributed by atoms with van der Waals surface area (Å²) in [6.45, 7) is 2.78. The predicted octanol–water partition coefficient (Wildman–Crippen LogP) is 2.49. The van der Waals surface area contributed by atoms with Gasteiger partial charge in [0.05, 0.1) is 4.90 Å². The van der Waals surface area contributed by atoms with Crippen LogP contribution in [0, 0.1) is 0 Å². The average Bonchev–Trinajstić information content (AvgIpc) is 2.63. The minimum Gasteiger partial charge on any atom is -0.339 e. The molecule has 0 spiro atoms. The van der Waals surface area contributed by atoms with Crippen LogP contribution in [0.25, 0.3) is 0 Å². The van der Waals surface area contributed by atoms with Gasteiger partial charge in [-0.25, -0.2) is 8.42 Å². The molecular formula is C17H24N2O3S. The molecule has 2 fully saturated rings. The van der Waals surface area contributed by atoms with E-state index in [2.05, 4.69) is 0 Å². The number of carbonyl (C=O) groups is 1. The van der Waals surface area contributed by atoms with Crippen LogP contribution in [0.1, 0.15) is 48.9 Å². The lowest BCUT2D eigenvalue weighted by Crippen LogP contribution is -2.36. The number of likely N-dealkylation sites (tertiary alicyclic amines) is 1. The first-order valence-electron chi connectivity index (χ1n) is 8.48. The van der Waals surface area contributed by atoms with E-state index in [9.17, 15) is 13.2 Å². The number of piperidine rings is 2. The smallest absolute Gasteiger partial charge is 0.253 e. The molecule has 2 aliphatic rings. The average molecular weight is 336 g/mol. The summed E-state index contributed by atoms with van der Waals surface area (Å²) in [5.41, 5.74) is 0.574. The Labute approximate surface area is 138 Å². The number of benzene rings is 1. The van der Waals surface area contributed by atoms with Gasteiger partial charge < -0.3 is 4.90 Å². The van der Waals surface area contributed by atoms with Gasteiger partial charge >= 0.3 is 0 Å². The van der Waals surface area contributed by atoms with Crippen LogP contribution in [0.15, 0.2) is 29.2 Å². The van der Waals surface area contributed by atoms with Crippen LogP contribution in [0.5, 0.6) is 0 Å². The molecule has 0 atom stereocenters. The zero-order valence-corrected chi connectivity index (χ0v) is 14.2. The maximum atomic E-state index is 12.6. The van der Waals surface area contributed by atoms with Crippen molar-refractivity contribution in [3.63, 3.8) is 0 Å². The van der Waals surface area contributed by atoms with Gasteiger partial charge in [0.15, 0.2) is 0 Å². The monoisotopic (exact) mass is 336 g/mol. The molecular weight excluding hydrogens is 312 g/mol. The van der Waals surface area contributed by atoms with Gasteiger partial charge in [-0.15, -0.1) is 0 Å². The molecule has 126 valence electrons. The van der Waals surface area contributed by atoms with Crippen LogP contribution in [0.2, 0.25) is 0 Å². The lowest BCUT2D eigenvalue weighted by molar-refractivity contribution is 0.0724. The van der Waals surface area contributed by atoms with Crippen LogP contribution in [-0.4, -0.2) is 49.7 Å². The minimum atomic E-state index is -3.42. The van der Waals surface area contributed by atoms with Crippen LogP contribution in [-0.2, 0) is 10.0 Å². The van der Waals surface area contributed by atoms with Crippen LogP contribution in [0.3, 0.4) is 0 Å². The summed E-state index contributed by atoms with van der Waals surface area (Å²) < 4.78 is 26.8. The van der Waals surface area contributed by atoms with E-state index in [0.29, 0.717) is 18.7 Å². The summed E-state index contributed by atoms with van der Waals surface area (Å²) in [6.07, 6.45) is 6.21. The largest absolute Gasteiger partial charge is 0.339 e. The van der Waals surface area contributed by atoms with E-state index in [1.807, 2.05) is 4.90 Å². The van der Waals surface area contributed by atoms with E-state index in [1.54, 1.807) is 28.6 Å². The summed E-state index contributed by atoms with van der Waals surface area (Å²) in [4.78, 5) is 14.6. The lowest BCUT2D eigenvalue weighted by atomic mass is 10.1. The second-order valence-corrected chi connectivity index (χ2v) is 8.28. The second-order valence-electron chi connectivity index (χ2n) is 6.34. The fraction of sp³-hybridized carbons (Fsp3) is 0.588. The molecule has 3 rings (SSSR count). The molecule has 0 radical (unpaired) electrons. The molecule has 2 heterocycles. The molecule has 1 amide bonds. The van der Waals surface area contributed by atoms with Crippen LogP contribution >= 0.6 is 0 Å². The van der Waals surface area contributed by atoms with Gasteiger partial charge in [-0.05, 0) is 56.4 Å². The summed E-state index contributed by atoms with van der Waals surface area (Å²) in [5.74, 6) is 0.00613. The molecule has 2 saturated heterocycles. The summed E-state index contributed by atoms with van der Waals surface area (Å²) in [7, 11) is -3.42. The quantitative estimate of drug-likeness (QED) is 0.852. The van der Waals surface area contributed by atoms with Crippen molar-refractivity contribution in [2.45, 2.75) is 43.4 Å². The molecule has 6 heteroatoms. The number of hydrogen-bond acceptors (Lipinski definition) is 3. The molecule has 0 aromatic heterocycles. The Balaban J connectivity index is 1.74. The van der Waals surface area contributed by atoms with Crippen molar-refractivity contribution in [2.75, 3.05) is 26.2 Å². The highest BCUT2D eigenvalue weighted by Gasteiger charge is 2.26. The SMILES string of the molecule is O=C(c1ccc(S(=O)(=O)N2CCCCC2)cc1)N1CCCCC1. The highest BCUT2D eigenvalue weighted by molar-refractivity contribution is 7.89. The van der Waals surface area contributed by atoms with E-state index >= 15 is 0 Å². The Morgan fingerprint density at radius 2 is 1.30 bits per heavy atom. The Morgan fingerprint density at radius 3 is 1.87 bits per heavy atom. The number of nitrogens with zero attached hydrogens (tertiary/aromatic N) is 2. The third-order valence-electron chi connectivity index (χ3n) is 4.70. The normalized spacial score (nSPS) is 20.4. The molecule has 0 saturated carbocycles. The lowest BCUT2D eigenvalue weighted by Gasteiger charge is -2.27. The van der Waals surface area contributed by atoms with Gasteiger partial charge in [-0.2, -0.15) is 4.31 Å². The zero-order chi connectivity index (χ0) is 16.3. The van der Waals surface area contributed by atoms with Gasteiger partial charge in [-0.1, -0.05) is 6.42 Å². The van der Waals surface area contributed by atoms with Gasteiger partial charge in [-0.3, -0.25) is 4.79 Å². The van der Waals surface area contributed by atoms with Gasteiger partial charge in [0.2, 0.25) is 10.0 Å². The number of hydrogen-bond donors (Lipinski definition) is 0. The van der Waals surface area contributed by atoms with Crippen molar-refractivity contribution in [2.24, 2.45) is 0 Å². The van der Waals surface area contributed by atoms with Crippen LogP contribution < -0.4 is 0 Å². The molecule has 0 unspecified atom stereocenters. The van der Waals surface area contributed by atoms with Crippen molar-refractivity contribution >= 4 is 15.9 Å².